The Morgan fingerprint density at radius 2 is 2.19 bits per heavy atom. The Morgan fingerprint density at radius 1 is 1.38 bits per heavy atom. The van der Waals surface area contributed by atoms with E-state index < -0.39 is 0 Å². The lowest BCUT2D eigenvalue weighted by Gasteiger charge is -2.11. The third kappa shape index (κ3) is 2.36. The van der Waals surface area contributed by atoms with Gasteiger partial charge in [0.05, 0.1) is 11.1 Å². The van der Waals surface area contributed by atoms with E-state index in [-0.39, 0.29) is 6.10 Å². The lowest BCUT2D eigenvalue weighted by Crippen LogP contribution is -2.05. The van der Waals surface area contributed by atoms with Gasteiger partial charge in [0.2, 0.25) is 0 Å². The van der Waals surface area contributed by atoms with Gasteiger partial charge in [-0.2, -0.15) is 0 Å². The molecule has 0 saturated carbocycles. The van der Waals surface area contributed by atoms with Gasteiger partial charge in [-0.3, -0.25) is 0 Å². The van der Waals surface area contributed by atoms with Crippen LogP contribution in [0.15, 0.2) is 30.6 Å². The molecule has 84 valence electrons. The van der Waals surface area contributed by atoms with Crippen molar-refractivity contribution in [3.8, 4) is 17.1 Å². The third-order valence-corrected chi connectivity index (χ3v) is 2.36. The van der Waals surface area contributed by atoms with Crippen molar-refractivity contribution < 1.29 is 4.74 Å². The van der Waals surface area contributed by atoms with Crippen LogP contribution in [-0.2, 0) is 0 Å². The molecule has 0 atom stereocenters. The largest absolute Gasteiger partial charge is 0.489 e. The monoisotopic (exact) mass is 236 g/mol. The standard InChI is InChI=1S/C12H13ClN2O/c1-8(2)16-11-4-3-9(7-10(11)13)12-14-5-6-15-12/h3-8H,1-2H3,(H,14,15). The highest BCUT2D eigenvalue weighted by atomic mass is 35.5. The summed E-state index contributed by atoms with van der Waals surface area (Å²) in [6.07, 6.45) is 3.61. The number of benzene rings is 1. The summed E-state index contributed by atoms with van der Waals surface area (Å²) >= 11 is 6.12. The van der Waals surface area contributed by atoms with Crippen LogP contribution in [0.5, 0.6) is 5.75 Å². The first kappa shape index (κ1) is 11.0. The summed E-state index contributed by atoms with van der Waals surface area (Å²) in [6, 6.07) is 5.64. The Labute approximate surface area is 99.4 Å². The van der Waals surface area contributed by atoms with Gasteiger partial charge in [-0.1, -0.05) is 11.6 Å². The van der Waals surface area contributed by atoms with E-state index in [0.29, 0.717) is 10.8 Å². The molecule has 0 aliphatic carbocycles. The minimum atomic E-state index is 0.118. The Morgan fingerprint density at radius 3 is 2.75 bits per heavy atom. The third-order valence-electron chi connectivity index (χ3n) is 2.07. The highest BCUT2D eigenvalue weighted by Gasteiger charge is 2.07. The highest BCUT2D eigenvalue weighted by molar-refractivity contribution is 6.32. The number of aromatic amines is 1. The average Bonchev–Trinajstić information content (AvgIpc) is 2.73. The lowest BCUT2D eigenvalue weighted by molar-refractivity contribution is 0.242. The van der Waals surface area contributed by atoms with Crippen LogP contribution in [0, 0.1) is 0 Å². The topological polar surface area (TPSA) is 37.9 Å². The van der Waals surface area contributed by atoms with E-state index in [1.807, 2.05) is 32.0 Å². The SMILES string of the molecule is CC(C)Oc1ccc(-c2ncc[nH]2)cc1Cl. The summed E-state index contributed by atoms with van der Waals surface area (Å²) in [7, 11) is 0. The number of rotatable bonds is 3. The van der Waals surface area contributed by atoms with E-state index in [9.17, 15) is 0 Å². The second kappa shape index (κ2) is 4.58. The van der Waals surface area contributed by atoms with Gasteiger partial charge in [-0.25, -0.2) is 4.98 Å². The van der Waals surface area contributed by atoms with E-state index >= 15 is 0 Å². The molecule has 0 radical (unpaired) electrons. The first-order chi connectivity index (χ1) is 7.66. The van der Waals surface area contributed by atoms with Crippen molar-refractivity contribution in [1.82, 2.24) is 9.97 Å². The van der Waals surface area contributed by atoms with E-state index in [2.05, 4.69) is 9.97 Å². The fourth-order valence-corrected chi connectivity index (χ4v) is 1.65. The zero-order valence-corrected chi connectivity index (χ0v) is 9.95. The Balaban J connectivity index is 2.29. The first-order valence-corrected chi connectivity index (χ1v) is 5.50. The zero-order chi connectivity index (χ0) is 11.5. The van der Waals surface area contributed by atoms with E-state index in [4.69, 9.17) is 16.3 Å². The van der Waals surface area contributed by atoms with Crippen LogP contribution in [-0.4, -0.2) is 16.1 Å². The number of ether oxygens (including phenoxy) is 1. The quantitative estimate of drug-likeness (QED) is 0.886. The molecule has 1 aromatic heterocycles. The van der Waals surface area contributed by atoms with Crippen molar-refractivity contribution in [1.29, 1.82) is 0 Å². The lowest BCUT2D eigenvalue weighted by atomic mass is 10.2. The number of H-pyrrole nitrogens is 1. The smallest absolute Gasteiger partial charge is 0.138 e. The number of halogens is 1. The van der Waals surface area contributed by atoms with Crippen LogP contribution in [0.4, 0.5) is 0 Å². The van der Waals surface area contributed by atoms with Gasteiger partial charge in [-0.05, 0) is 32.0 Å². The summed E-state index contributed by atoms with van der Waals surface area (Å²) in [5.41, 5.74) is 0.950. The molecule has 0 unspecified atom stereocenters. The van der Waals surface area contributed by atoms with Crippen molar-refractivity contribution in [3.05, 3.63) is 35.6 Å². The van der Waals surface area contributed by atoms with Crippen LogP contribution >= 0.6 is 11.6 Å². The van der Waals surface area contributed by atoms with Gasteiger partial charge in [0, 0.05) is 18.0 Å². The molecule has 16 heavy (non-hydrogen) atoms. The predicted octanol–water partition coefficient (Wildman–Crippen LogP) is 3.52. The number of nitrogens with zero attached hydrogens (tertiary/aromatic N) is 1. The molecule has 1 N–H and O–H groups in total. The molecule has 1 heterocycles. The van der Waals surface area contributed by atoms with E-state index in [0.717, 1.165) is 11.4 Å². The molecule has 0 aliphatic rings. The number of hydrogen-bond donors (Lipinski definition) is 1. The van der Waals surface area contributed by atoms with Gasteiger partial charge >= 0.3 is 0 Å². The summed E-state index contributed by atoms with van der Waals surface area (Å²) in [5, 5.41) is 0.600. The fourth-order valence-electron chi connectivity index (χ4n) is 1.42. The molecule has 0 spiro atoms. The highest BCUT2D eigenvalue weighted by Crippen LogP contribution is 2.29. The van der Waals surface area contributed by atoms with E-state index in [1.54, 1.807) is 12.4 Å². The Hall–Kier alpha value is -1.48. The van der Waals surface area contributed by atoms with Gasteiger partial charge in [0.1, 0.15) is 11.6 Å². The second-order valence-electron chi connectivity index (χ2n) is 3.75. The van der Waals surface area contributed by atoms with Crippen molar-refractivity contribution >= 4 is 11.6 Å². The summed E-state index contributed by atoms with van der Waals surface area (Å²) in [5.74, 6) is 1.50. The van der Waals surface area contributed by atoms with E-state index in [1.165, 1.54) is 0 Å². The summed E-state index contributed by atoms with van der Waals surface area (Å²) < 4.78 is 5.55. The maximum atomic E-state index is 6.12. The maximum absolute atomic E-state index is 6.12. The molecule has 0 aliphatic heterocycles. The van der Waals surface area contributed by atoms with Gasteiger partial charge < -0.3 is 9.72 Å². The molecule has 2 rings (SSSR count). The van der Waals surface area contributed by atoms with Gasteiger partial charge in [0.25, 0.3) is 0 Å². The normalized spacial score (nSPS) is 10.8. The minimum absolute atomic E-state index is 0.118. The molecule has 3 nitrogen and oxygen atoms in total. The van der Waals surface area contributed by atoms with Crippen molar-refractivity contribution in [2.45, 2.75) is 20.0 Å². The minimum Gasteiger partial charge on any atom is -0.489 e. The second-order valence-corrected chi connectivity index (χ2v) is 4.16. The zero-order valence-electron chi connectivity index (χ0n) is 9.20. The summed E-state index contributed by atoms with van der Waals surface area (Å²) in [4.78, 5) is 7.19. The molecule has 0 fully saturated rings. The maximum Gasteiger partial charge on any atom is 0.138 e. The molecule has 2 aromatic rings. The molecule has 4 heteroatoms. The Kier molecular flexibility index (Phi) is 3.15. The van der Waals surface area contributed by atoms with Crippen LogP contribution in [0.1, 0.15) is 13.8 Å². The summed E-state index contributed by atoms with van der Waals surface area (Å²) in [6.45, 7) is 3.94. The number of hydrogen-bond acceptors (Lipinski definition) is 2. The predicted molar refractivity (Wildman–Crippen MR) is 64.8 cm³/mol. The fraction of sp³-hybridized carbons (Fsp3) is 0.250. The van der Waals surface area contributed by atoms with Crippen LogP contribution in [0.25, 0.3) is 11.4 Å². The molecule has 0 amide bonds. The Bertz CT molecular complexity index is 466. The van der Waals surface area contributed by atoms with Crippen LogP contribution in [0.3, 0.4) is 0 Å². The first-order valence-electron chi connectivity index (χ1n) is 5.13. The number of nitrogens with one attached hydrogen (secondary N) is 1. The molecular formula is C12H13ClN2O. The average molecular weight is 237 g/mol. The number of imidazole rings is 1. The van der Waals surface area contributed by atoms with Crippen LogP contribution < -0.4 is 4.74 Å². The van der Waals surface area contributed by atoms with Crippen LogP contribution in [0.2, 0.25) is 5.02 Å². The molecule has 1 aromatic carbocycles. The number of aromatic nitrogens is 2. The molecule has 0 saturated heterocycles. The van der Waals surface area contributed by atoms with Crippen molar-refractivity contribution in [2.24, 2.45) is 0 Å². The van der Waals surface area contributed by atoms with Crippen molar-refractivity contribution in [3.63, 3.8) is 0 Å². The van der Waals surface area contributed by atoms with Gasteiger partial charge in [0.15, 0.2) is 0 Å². The molecular weight excluding hydrogens is 224 g/mol. The van der Waals surface area contributed by atoms with Gasteiger partial charge in [-0.15, -0.1) is 0 Å². The van der Waals surface area contributed by atoms with Crippen molar-refractivity contribution in [2.75, 3.05) is 0 Å². The molecule has 0 bridgehead atoms.